The molecule has 0 aromatic carbocycles. The van der Waals surface area contributed by atoms with Crippen molar-refractivity contribution >= 4 is 29.7 Å². The Morgan fingerprint density at radius 1 is 0.946 bits per heavy atom. The van der Waals surface area contributed by atoms with Gasteiger partial charge in [-0.15, -0.1) is 0 Å². The van der Waals surface area contributed by atoms with Gasteiger partial charge in [0.15, 0.2) is 0 Å². The van der Waals surface area contributed by atoms with E-state index in [9.17, 15) is 29.1 Å². The molecule has 0 aromatic heterocycles. The summed E-state index contributed by atoms with van der Waals surface area (Å²) in [6, 6.07) is -4.39. The predicted molar refractivity (Wildman–Crippen MR) is 132 cm³/mol. The lowest BCUT2D eigenvalue weighted by Gasteiger charge is -2.23. The van der Waals surface area contributed by atoms with Gasteiger partial charge < -0.3 is 41.6 Å². The molecule has 0 radical (unpaired) electrons. The standard InChI is InChI=1S/C22H39N7O8/c1-3-14(2)18-21(34)29-28-20(33)15(6-4-5-7-23)25-22(35)26-16(12-30)19(32)24-8-9-36-10-11-37-13-17(31)27-18/h15-16,18,30H,2-13,23H2,1H3,(H,24,32)(H,27,31)(H,28,33)(H,29,34)(H2,25,26,35)/t15-,16+,18-/m0/s1. The molecule has 210 valence electrons. The third-order valence-electron chi connectivity index (χ3n) is 5.26. The maximum atomic E-state index is 12.8. The van der Waals surface area contributed by atoms with Gasteiger partial charge in [-0.05, 0) is 37.8 Å². The number of aliphatic hydroxyl groups excluding tert-OH is 1. The Hall–Kier alpha value is -3.27. The first-order valence-electron chi connectivity index (χ1n) is 12.1. The lowest BCUT2D eigenvalue weighted by atomic mass is 10.1. The van der Waals surface area contributed by atoms with Crippen LogP contribution in [-0.4, -0.2) is 99.0 Å². The maximum absolute atomic E-state index is 12.8. The summed E-state index contributed by atoms with van der Waals surface area (Å²) >= 11 is 0. The maximum Gasteiger partial charge on any atom is 0.316 e. The van der Waals surface area contributed by atoms with Gasteiger partial charge >= 0.3 is 6.03 Å². The molecule has 0 aliphatic carbocycles. The van der Waals surface area contributed by atoms with Crippen molar-refractivity contribution < 1.29 is 38.6 Å². The summed E-state index contributed by atoms with van der Waals surface area (Å²) in [5.74, 6) is -2.72. The van der Waals surface area contributed by atoms with Crippen molar-refractivity contribution in [3.8, 4) is 0 Å². The fraction of sp³-hybridized carbons (Fsp3) is 0.682. The van der Waals surface area contributed by atoms with Crippen LogP contribution in [0.5, 0.6) is 0 Å². The Kier molecular flexibility index (Phi) is 15.5. The SMILES string of the molecule is C=C(CC)[C@@H]1NC(=O)COCCOCCNC(=O)[C@@H](CO)NC(=O)N[C@@H](CCCCN)C(=O)NNC1=O. The van der Waals surface area contributed by atoms with Crippen LogP contribution in [0.15, 0.2) is 12.2 Å². The Bertz CT molecular complexity index is 795. The van der Waals surface area contributed by atoms with E-state index in [4.69, 9.17) is 15.2 Å². The van der Waals surface area contributed by atoms with Crippen LogP contribution in [-0.2, 0) is 28.7 Å². The first-order valence-corrected chi connectivity index (χ1v) is 12.1. The minimum Gasteiger partial charge on any atom is -0.394 e. The van der Waals surface area contributed by atoms with Crippen LogP contribution >= 0.6 is 0 Å². The zero-order valence-corrected chi connectivity index (χ0v) is 21.1. The number of nitrogens with two attached hydrogens (primary N) is 1. The molecule has 1 rings (SSSR count). The van der Waals surface area contributed by atoms with Crippen LogP contribution < -0.4 is 37.9 Å². The number of aliphatic hydroxyl groups is 1. The van der Waals surface area contributed by atoms with E-state index in [1.54, 1.807) is 6.92 Å². The number of hydrogen-bond acceptors (Lipinski definition) is 9. The van der Waals surface area contributed by atoms with E-state index in [2.05, 4.69) is 38.7 Å². The third-order valence-corrected chi connectivity index (χ3v) is 5.26. The zero-order chi connectivity index (χ0) is 27.6. The average molecular weight is 530 g/mol. The summed E-state index contributed by atoms with van der Waals surface area (Å²) in [6.07, 6.45) is 1.62. The second-order valence-corrected chi connectivity index (χ2v) is 8.14. The highest BCUT2D eigenvalue weighted by Gasteiger charge is 2.27. The van der Waals surface area contributed by atoms with Crippen LogP contribution in [0.4, 0.5) is 4.79 Å². The monoisotopic (exact) mass is 529 g/mol. The quantitative estimate of drug-likeness (QED) is 0.123. The number of amides is 6. The summed E-state index contributed by atoms with van der Waals surface area (Å²) in [7, 11) is 0. The van der Waals surface area contributed by atoms with Gasteiger partial charge in [0.05, 0.1) is 26.4 Å². The summed E-state index contributed by atoms with van der Waals surface area (Å²) in [5.41, 5.74) is 10.4. The average Bonchev–Trinajstić information content (AvgIpc) is 2.88. The van der Waals surface area contributed by atoms with Crippen molar-refractivity contribution in [2.24, 2.45) is 5.73 Å². The number of unbranched alkanes of at least 4 members (excludes halogenated alkanes) is 1. The first-order chi connectivity index (χ1) is 17.7. The Balaban J connectivity index is 3.02. The van der Waals surface area contributed by atoms with Crippen LogP contribution in [0, 0.1) is 0 Å². The highest BCUT2D eigenvalue weighted by Crippen LogP contribution is 2.05. The van der Waals surface area contributed by atoms with Crippen LogP contribution in [0.25, 0.3) is 0 Å². The van der Waals surface area contributed by atoms with Gasteiger partial charge in [-0.2, -0.15) is 0 Å². The lowest BCUT2D eigenvalue weighted by molar-refractivity contribution is -0.133. The summed E-state index contributed by atoms with van der Waals surface area (Å²) in [6.45, 7) is 5.33. The van der Waals surface area contributed by atoms with E-state index >= 15 is 0 Å². The number of ether oxygens (including phenoxy) is 2. The van der Waals surface area contributed by atoms with E-state index in [1.165, 1.54) is 0 Å². The molecule has 9 N–H and O–H groups in total. The predicted octanol–water partition coefficient (Wildman–Crippen LogP) is -3.09. The van der Waals surface area contributed by atoms with E-state index in [1.807, 2.05) is 0 Å². The number of carbonyl (C=O) groups excluding carboxylic acids is 5. The van der Waals surface area contributed by atoms with Crippen molar-refractivity contribution in [1.82, 2.24) is 32.1 Å². The Morgan fingerprint density at radius 2 is 1.62 bits per heavy atom. The van der Waals surface area contributed by atoms with Gasteiger partial charge in [0.1, 0.15) is 24.7 Å². The van der Waals surface area contributed by atoms with Gasteiger partial charge in [0.2, 0.25) is 11.8 Å². The smallest absolute Gasteiger partial charge is 0.316 e. The number of carbonyl (C=O) groups is 5. The number of nitrogens with one attached hydrogen (secondary N) is 6. The third kappa shape index (κ3) is 12.5. The molecule has 1 saturated heterocycles. The minimum atomic E-state index is -1.28. The second kappa shape index (κ2) is 18.0. The van der Waals surface area contributed by atoms with Crippen LogP contribution in [0.2, 0.25) is 0 Å². The molecule has 1 aliphatic rings. The molecule has 1 aliphatic heterocycles. The van der Waals surface area contributed by atoms with Crippen molar-refractivity contribution in [3.63, 3.8) is 0 Å². The molecule has 1 heterocycles. The zero-order valence-electron chi connectivity index (χ0n) is 21.1. The lowest BCUT2D eigenvalue weighted by Crippen LogP contribution is -2.59. The number of hydrazine groups is 1. The largest absolute Gasteiger partial charge is 0.394 e. The highest BCUT2D eigenvalue weighted by molar-refractivity contribution is 5.93. The van der Waals surface area contributed by atoms with Crippen molar-refractivity contribution in [2.75, 3.05) is 46.1 Å². The molecule has 15 heteroatoms. The van der Waals surface area contributed by atoms with Gasteiger partial charge in [0.25, 0.3) is 11.8 Å². The number of rotatable bonds is 7. The van der Waals surface area contributed by atoms with Crippen molar-refractivity contribution in [1.29, 1.82) is 0 Å². The summed E-state index contributed by atoms with van der Waals surface area (Å²) in [5, 5.41) is 19.3. The minimum absolute atomic E-state index is 0.0789. The number of urea groups is 1. The molecule has 6 amide bonds. The number of hydrogen-bond donors (Lipinski definition) is 8. The topological polar surface area (TPSA) is 222 Å². The summed E-state index contributed by atoms with van der Waals surface area (Å²) in [4.78, 5) is 62.5. The molecular formula is C22H39N7O8. The fourth-order valence-corrected chi connectivity index (χ4v) is 3.11. The molecule has 0 bridgehead atoms. The molecule has 37 heavy (non-hydrogen) atoms. The first kappa shape index (κ1) is 31.8. The highest BCUT2D eigenvalue weighted by atomic mass is 16.5. The van der Waals surface area contributed by atoms with E-state index < -0.39 is 54.4 Å². The molecule has 15 nitrogen and oxygen atoms in total. The molecule has 0 spiro atoms. The Morgan fingerprint density at radius 3 is 2.30 bits per heavy atom. The Labute approximate surface area is 215 Å². The van der Waals surface area contributed by atoms with Crippen molar-refractivity contribution in [2.45, 2.75) is 50.7 Å². The molecule has 3 atom stereocenters. The van der Waals surface area contributed by atoms with Crippen LogP contribution in [0.3, 0.4) is 0 Å². The van der Waals surface area contributed by atoms with Crippen molar-refractivity contribution in [3.05, 3.63) is 12.2 Å². The normalized spacial score (nSPS) is 23.8. The molecule has 0 aromatic rings. The van der Waals surface area contributed by atoms with E-state index in [-0.39, 0.29) is 39.4 Å². The van der Waals surface area contributed by atoms with E-state index in [0.717, 1.165) is 0 Å². The fourth-order valence-electron chi connectivity index (χ4n) is 3.11. The molecule has 0 unspecified atom stereocenters. The van der Waals surface area contributed by atoms with E-state index in [0.29, 0.717) is 31.4 Å². The van der Waals surface area contributed by atoms with Gasteiger partial charge in [-0.3, -0.25) is 30.0 Å². The summed E-state index contributed by atoms with van der Waals surface area (Å²) < 4.78 is 10.5. The van der Waals surface area contributed by atoms with Gasteiger partial charge in [-0.25, -0.2) is 4.79 Å². The second-order valence-electron chi connectivity index (χ2n) is 8.14. The van der Waals surface area contributed by atoms with Crippen LogP contribution in [0.1, 0.15) is 32.6 Å². The molecule has 1 fully saturated rings. The molecular weight excluding hydrogens is 490 g/mol. The van der Waals surface area contributed by atoms with Gasteiger partial charge in [-0.1, -0.05) is 13.5 Å². The molecule has 0 saturated carbocycles. The van der Waals surface area contributed by atoms with Gasteiger partial charge in [0, 0.05) is 6.54 Å².